The molecule has 2 aromatic heterocycles. The van der Waals surface area contributed by atoms with Crippen LogP contribution in [0.3, 0.4) is 0 Å². The second-order valence-electron chi connectivity index (χ2n) is 13.0. The Morgan fingerprint density at radius 1 is 0.280 bits per heavy atom. The van der Waals surface area contributed by atoms with Crippen LogP contribution in [0.1, 0.15) is 0 Å². The molecule has 8 aromatic carbocycles. The van der Waals surface area contributed by atoms with E-state index >= 15 is 0 Å². The van der Waals surface area contributed by atoms with Crippen LogP contribution in [-0.2, 0) is 0 Å². The maximum Gasteiger partial charge on any atom is 0.135 e. The van der Waals surface area contributed by atoms with Crippen LogP contribution < -0.4 is 0 Å². The van der Waals surface area contributed by atoms with E-state index in [1.807, 2.05) is 0 Å². The molecule has 0 aliphatic carbocycles. The molecular weight excluding hydrogens is 607 g/mol. The first-order chi connectivity index (χ1) is 24.8. The van der Waals surface area contributed by atoms with Gasteiger partial charge in [-0.1, -0.05) is 121 Å². The van der Waals surface area contributed by atoms with Crippen molar-refractivity contribution < 1.29 is 4.42 Å². The fraction of sp³-hybridized carbons (Fsp3) is 0. The van der Waals surface area contributed by atoms with Gasteiger partial charge in [0, 0.05) is 27.2 Å². The Morgan fingerprint density at radius 3 is 1.34 bits per heavy atom. The number of nitrogens with zero attached hydrogens (tertiary/aromatic N) is 1. The van der Waals surface area contributed by atoms with Gasteiger partial charge in [-0.2, -0.15) is 0 Å². The zero-order valence-corrected chi connectivity index (χ0v) is 27.3. The van der Waals surface area contributed by atoms with Crippen molar-refractivity contribution >= 4 is 43.7 Å². The summed E-state index contributed by atoms with van der Waals surface area (Å²) in [6, 6.07) is 67.4. The Labute approximate surface area is 290 Å². The van der Waals surface area contributed by atoms with E-state index in [2.05, 4.69) is 193 Å². The minimum Gasteiger partial charge on any atom is -0.456 e. The number of furan rings is 1. The molecule has 0 aliphatic rings. The van der Waals surface area contributed by atoms with E-state index in [9.17, 15) is 0 Å². The molecule has 0 bridgehead atoms. The second-order valence-corrected chi connectivity index (χ2v) is 13.0. The summed E-state index contributed by atoms with van der Waals surface area (Å²) in [5.74, 6) is 0. The SMILES string of the molecule is c1ccc(-c2cccc(-c3cccc(-c4ccc5oc6ccc(-c7ccc8c(c7)c7ccccc7n8-c7ccccc7)cc6c5c4)c3)c2)cc1. The van der Waals surface area contributed by atoms with Gasteiger partial charge in [0.15, 0.2) is 0 Å². The highest BCUT2D eigenvalue weighted by Crippen LogP contribution is 2.39. The summed E-state index contributed by atoms with van der Waals surface area (Å²) < 4.78 is 8.72. The van der Waals surface area contributed by atoms with Crippen molar-refractivity contribution in [2.24, 2.45) is 0 Å². The molecule has 0 saturated heterocycles. The molecule has 234 valence electrons. The molecule has 10 aromatic rings. The fourth-order valence-electron chi connectivity index (χ4n) is 7.53. The molecule has 0 fully saturated rings. The van der Waals surface area contributed by atoms with Crippen molar-refractivity contribution in [3.05, 3.63) is 188 Å². The summed E-state index contributed by atoms with van der Waals surface area (Å²) >= 11 is 0. The molecule has 0 radical (unpaired) electrons. The van der Waals surface area contributed by atoms with Gasteiger partial charge in [0.2, 0.25) is 0 Å². The Bertz CT molecular complexity index is 2860. The third-order valence-corrected chi connectivity index (χ3v) is 9.99. The summed E-state index contributed by atoms with van der Waals surface area (Å²) in [7, 11) is 0. The lowest BCUT2D eigenvalue weighted by atomic mass is 9.95. The Hall–Kier alpha value is -6.64. The number of rotatable bonds is 5. The second kappa shape index (κ2) is 11.5. The highest BCUT2D eigenvalue weighted by Gasteiger charge is 2.15. The van der Waals surface area contributed by atoms with Crippen LogP contribution in [0.4, 0.5) is 0 Å². The number of hydrogen-bond donors (Lipinski definition) is 0. The number of fused-ring (bicyclic) bond motifs is 6. The molecule has 0 spiro atoms. The number of aromatic nitrogens is 1. The first kappa shape index (κ1) is 28.4. The Kier molecular flexibility index (Phi) is 6.53. The van der Waals surface area contributed by atoms with Gasteiger partial charge in [0.1, 0.15) is 11.2 Å². The summed E-state index contributed by atoms with van der Waals surface area (Å²) in [6.07, 6.45) is 0. The molecule has 2 heteroatoms. The van der Waals surface area contributed by atoms with Gasteiger partial charge in [-0.15, -0.1) is 0 Å². The lowest BCUT2D eigenvalue weighted by Crippen LogP contribution is -1.92. The largest absolute Gasteiger partial charge is 0.456 e. The standard InChI is InChI=1S/C48H31NO/c1-3-11-32(12-4-1)33-13-9-14-34(27-33)35-15-10-16-36(28-35)38-22-25-47-43(30-38)44-31-39(23-26-48(44)50-47)37-21-24-46-42(29-37)41-19-7-8-20-45(41)49(46)40-17-5-2-6-18-40/h1-31H. The molecule has 0 aliphatic heterocycles. The highest BCUT2D eigenvalue weighted by molar-refractivity contribution is 6.11. The predicted molar refractivity (Wildman–Crippen MR) is 210 cm³/mol. The summed E-state index contributed by atoms with van der Waals surface area (Å²) in [5, 5.41) is 4.74. The lowest BCUT2D eigenvalue weighted by Gasteiger charge is -2.09. The van der Waals surface area contributed by atoms with Crippen molar-refractivity contribution in [2.75, 3.05) is 0 Å². The van der Waals surface area contributed by atoms with Crippen LogP contribution in [0.15, 0.2) is 192 Å². The summed E-state index contributed by atoms with van der Waals surface area (Å²) in [4.78, 5) is 0. The third-order valence-electron chi connectivity index (χ3n) is 9.99. The van der Waals surface area contributed by atoms with Gasteiger partial charge in [-0.3, -0.25) is 0 Å². The summed E-state index contributed by atoms with van der Waals surface area (Å²) in [6.45, 7) is 0. The average Bonchev–Trinajstić information content (AvgIpc) is 3.73. The van der Waals surface area contributed by atoms with Crippen LogP contribution in [-0.4, -0.2) is 4.57 Å². The molecule has 50 heavy (non-hydrogen) atoms. The molecular formula is C48H31NO. The number of benzene rings is 8. The van der Waals surface area contributed by atoms with E-state index in [-0.39, 0.29) is 0 Å². The maximum absolute atomic E-state index is 6.36. The van der Waals surface area contributed by atoms with Gasteiger partial charge in [-0.05, 0) is 111 Å². The van der Waals surface area contributed by atoms with E-state index in [1.165, 1.54) is 72.0 Å². The number of hydrogen-bond acceptors (Lipinski definition) is 1. The zero-order valence-electron chi connectivity index (χ0n) is 27.3. The van der Waals surface area contributed by atoms with E-state index in [4.69, 9.17) is 4.42 Å². The van der Waals surface area contributed by atoms with Crippen LogP contribution in [0.25, 0.3) is 93.9 Å². The van der Waals surface area contributed by atoms with Crippen molar-refractivity contribution in [3.63, 3.8) is 0 Å². The third kappa shape index (κ3) is 4.73. The minimum atomic E-state index is 0.897. The first-order valence-corrected chi connectivity index (χ1v) is 17.1. The van der Waals surface area contributed by atoms with E-state index in [0.29, 0.717) is 0 Å². The highest BCUT2D eigenvalue weighted by atomic mass is 16.3. The monoisotopic (exact) mass is 637 g/mol. The van der Waals surface area contributed by atoms with Crippen molar-refractivity contribution in [2.45, 2.75) is 0 Å². The average molecular weight is 638 g/mol. The van der Waals surface area contributed by atoms with E-state index < -0.39 is 0 Å². The zero-order chi connectivity index (χ0) is 33.0. The van der Waals surface area contributed by atoms with Gasteiger partial charge < -0.3 is 8.98 Å². The molecule has 0 N–H and O–H groups in total. The topological polar surface area (TPSA) is 18.1 Å². The van der Waals surface area contributed by atoms with Crippen LogP contribution in [0.2, 0.25) is 0 Å². The van der Waals surface area contributed by atoms with E-state index in [0.717, 1.165) is 21.9 Å². The predicted octanol–water partition coefficient (Wildman–Crippen LogP) is 13.4. The molecule has 0 saturated carbocycles. The molecule has 2 nitrogen and oxygen atoms in total. The minimum absolute atomic E-state index is 0.897. The lowest BCUT2D eigenvalue weighted by molar-refractivity contribution is 0.669. The van der Waals surface area contributed by atoms with Gasteiger partial charge in [0.05, 0.1) is 11.0 Å². The van der Waals surface area contributed by atoms with Crippen molar-refractivity contribution in [1.82, 2.24) is 4.57 Å². The smallest absolute Gasteiger partial charge is 0.135 e. The molecule has 2 heterocycles. The van der Waals surface area contributed by atoms with Crippen molar-refractivity contribution in [1.29, 1.82) is 0 Å². The maximum atomic E-state index is 6.36. The first-order valence-electron chi connectivity index (χ1n) is 17.1. The van der Waals surface area contributed by atoms with Crippen LogP contribution in [0.5, 0.6) is 0 Å². The normalized spacial score (nSPS) is 11.6. The molecule has 0 unspecified atom stereocenters. The van der Waals surface area contributed by atoms with E-state index in [1.54, 1.807) is 0 Å². The van der Waals surface area contributed by atoms with Gasteiger partial charge in [-0.25, -0.2) is 0 Å². The Morgan fingerprint density at radius 2 is 0.720 bits per heavy atom. The number of para-hydroxylation sites is 2. The Balaban J connectivity index is 1.05. The fourth-order valence-corrected chi connectivity index (χ4v) is 7.53. The molecule has 0 atom stereocenters. The van der Waals surface area contributed by atoms with Crippen LogP contribution >= 0.6 is 0 Å². The van der Waals surface area contributed by atoms with Gasteiger partial charge >= 0.3 is 0 Å². The van der Waals surface area contributed by atoms with Crippen LogP contribution in [0, 0.1) is 0 Å². The van der Waals surface area contributed by atoms with Gasteiger partial charge in [0.25, 0.3) is 0 Å². The molecule has 0 amide bonds. The summed E-state index contributed by atoms with van der Waals surface area (Å²) in [5.41, 5.74) is 14.9. The quantitative estimate of drug-likeness (QED) is 0.184. The molecule has 10 rings (SSSR count). The van der Waals surface area contributed by atoms with Crippen molar-refractivity contribution in [3.8, 4) is 50.2 Å².